The van der Waals surface area contributed by atoms with Gasteiger partial charge in [0.25, 0.3) is 0 Å². The summed E-state index contributed by atoms with van der Waals surface area (Å²) >= 11 is 0. The number of hydrogen-bond donors (Lipinski definition) is 35. The Morgan fingerprint density at radius 3 is 0.773 bits per heavy atom. The number of ether oxygens (including phenoxy) is 21. The number of amides is 2. The minimum atomic E-state index is -2.69. The first-order valence-electron chi connectivity index (χ1n) is 40.7. The van der Waals surface area contributed by atoms with Gasteiger partial charge in [-0.2, -0.15) is 0 Å². The third kappa shape index (κ3) is 22.5. The molecule has 55 atom stereocenters. The van der Waals surface area contributed by atoms with Gasteiger partial charge >= 0.3 is 0 Å². The molecule has 11 aliphatic heterocycles. The summed E-state index contributed by atoms with van der Waals surface area (Å²) in [6.07, 6.45) is -117. The molecule has 58 heteroatoms. The van der Waals surface area contributed by atoms with Crippen molar-refractivity contribution >= 4 is 11.8 Å². The molecular weight excluding hydrogens is 1760 g/mol. The van der Waals surface area contributed by atoms with Crippen molar-refractivity contribution in [3.8, 4) is 0 Å². The Morgan fingerprint density at radius 2 is 0.430 bits per heavy atom. The summed E-state index contributed by atoms with van der Waals surface area (Å²) in [6.45, 7) is -10.9. The molecule has 0 bridgehead atoms. The normalized spacial score (nSPS) is 51.7. The molecule has 0 saturated carbocycles. The molecule has 11 aliphatic rings. The van der Waals surface area contributed by atoms with E-state index >= 15 is 0 Å². The molecule has 0 radical (unpaired) electrons. The molecule has 35 N–H and O–H groups in total. The first kappa shape index (κ1) is 105. The van der Waals surface area contributed by atoms with Crippen molar-refractivity contribution in [1.82, 2.24) is 10.6 Å². The van der Waals surface area contributed by atoms with Gasteiger partial charge in [0, 0.05) is 13.8 Å². The number of rotatable bonds is 33. The molecule has 58 nitrogen and oxygen atoms in total. The quantitative estimate of drug-likeness (QED) is 0.0290. The summed E-state index contributed by atoms with van der Waals surface area (Å²) in [5.41, 5.74) is 0. The van der Waals surface area contributed by atoms with Crippen LogP contribution >= 0.6 is 0 Å². The highest BCUT2D eigenvalue weighted by molar-refractivity contribution is 5.73. The van der Waals surface area contributed by atoms with Crippen LogP contribution in [0.5, 0.6) is 0 Å². The molecule has 0 aromatic carbocycles. The summed E-state index contributed by atoms with van der Waals surface area (Å²) in [7, 11) is 0. The van der Waals surface area contributed by atoms with Crippen LogP contribution < -0.4 is 10.6 Å². The van der Waals surface area contributed by atoms with Crippen LogP contribution in [0.3, 0.4) is 0 Å². The zero-order valence-corrected chi connectivity index (χ0v) is 67.7. The highest BCUT2D eigenvalue weighted by atomic mass is 16.8. The molecule has 128 heavy (non-hydrogen) atoms. The maximum atomic E-state index is 13.1. The van der Waals surface area contributed by atoms with Crippen molar-refractivity contribution in [2.45, 2.75) is 351 Å². The van der Waals surface area contributed by atoms with Crippen molar-refractivity contribution in [2.75, 3.05) is 72.7 Å². The highest BCUT2D eigenvalue weighted by Gasteiger charge is 2.62. The third-order valence-electron chi connectivity index (χ3n) is 23.8. The summed E-state index contributed by atoms with van der Waals surface area (Å²) in [5, 5.41) is 372. The topological polar surface area (TPSA) is 920 Å². The van der Waals surface area contributed by atoms with E-state index in [0.717, 1.165) is 13.8 Å². The lowest BCUT2D eigenvalue weighted by molar-refractivity contribution is -0.408. The minimum Gasteiger partial charge on any atom is -0.394 e. The molecule has 0 aliphatic carbocycles. The van der Waals surface area contributed by atoms with E-state index in [9.17, 15) is 178 Å². The molecule has 11 rings (SSSR count). The van der Waals surface area contributed by atoms with Crippen molar-refractivity contribution < 1.29 is 278 Å². The molecule has 744 valence electrons. The fourth-order valence-corrected chi connectivity index (χ4v) is 16.5. The molecule has 0 spiro atoms. The van der Waals surface area contributed by atoms with E-state index < -0.39 is 422 Å². The number of aliphatic hydroxyl groups excluding tert-OH is 33. The summed E-state index contributed by atoms with van der Waals surface area (Å²) in [5.74, 6) is -1.82. The van der Waals surface area contributed by atoms with Gasteiger partial charge in [-0.1, -0.05) is 0 Å². The average molecular weight is 1880 g/mol. The van der Waals surface area contributed by atoms with Crippen molar-refractivity contribution in [3.63, 3.8) is 0 Å². The predicted octanol–water partition coefficient (Wildman–Crippen LogP) is -24.7. The average Bonchev–Trinajstić information content (AvgIpc) is 0.767. The maximum Gasteiger partial charge on any atom is 0.217 e. The third-order valence-corrected chi connectivity index (χ3v) is 23.8. The van der Waals surface area contributed by atoms with E-state index in [1.54, 1.807) is 0 Å². The lowest BCUT2D eigenvalue weighted by atomic mass is 9.94. The van der Waals surface area contributed by atoms with Gasteiger partial charge in [0.15, 0.2) is 69.2 Å². The summed E-state index contributed by atoms with van der Waals surface area (Å²) < 4.78 is 124. The van der Waals surface area contributed by atoms with Gasteiger partial charge in [0.1, 0.15) is 268 Å². The van der Waals surface area contributed by atoms with Crippen molar-refractivity contribution in [3.05, 3.63) is 0 Å². The van der Waals surface area contributed by atoms with E-state index in [4.69, 9.17) is 99.5 Å². The monoisotopic (exact) mass is 1880 g/mol. The van der Waals surface area contributed by atoms with Crippen LogP contribution in [0, 0.1) is 0 Å². The van der Waals surface area contributed by atoms with Crippen molar-refractivity contribution in [1.29, 1.82) is 0 Å². The molecule has 11 fully saturated rings. The van der Waals surface area contributed by atoms with Gasteiger partial charge in [-0.3, -0.25) is 9.59 Å². The molecule has 11 heterocycles. The predicted molar refractivity (Wildman–Crippen MR) is 386 cm³/mol. The lowest BCUT2D eigenvalue weighted by Gasteiger charge is -2.51. The van der Waals surface area contributed by atoms with Gasteiger partial charge < -0.3 is 279 Å². The van der Waals surface area contributed by atoms with Crippen LogP contribution in [0.15, 0.2) is 0 Å². The number of nitrogens with one attached hydrogen (secondary N) is 2. The first-order chi connectivity index (χ1) is 60.7. The van der Waals surface area contributed by atoms with Gasteiger partial charge in [-0.05, 0) is 0 Å². The highest BCUT2D eigenvalue weighted by Crippen LogP contribution is 2.42. The second-order valence-corrected chi connectivity index (χ2v) is 32.3. The summed E-state index contributed by atoms with van der Waals surface area (Å²) in [4.78, 5) is 25.4. The molecule has 0 aromatic rings. The van der Waals surface area contributed by atoms with E-state index in [1.807, 2.05) is 0 Å². The summed E-state index contributed by atoms with van der Waals surface area (Å²) in [6, 6.07) is -3.71. The van der Waals surface area contributed by atoms with Gasteiger partial charge in [0.05, 0.1) is 72.7 Å². The zero-order valence-electron chi connectivity index (χ0n) is 67.7. The second kappa shape index (κ2) is 45.8. The van der Waals surface area contributed by atoms with Crippen LogP contribution in [0.2, 0.25) is 0 Å². The van der Waals surface area contributed by atoms with Crippen molar-refractivity contribution in [2.24, 2.45) is 0 Å². The fourth-order valence-electron chi connectivity index (χ4n) is 16.5. The van der Waals surface area contributed by atoms with E-state index in [2.05, 4.69) is 10.6 Å². The lowest BCUT2D eigenvalue weighted by Crippen LogP contribution is -2.70. The number of carbonyl (C=O) groups is 2. The molecule has 0 aromatic heterocycles. The number of aliphatic hydroxyl groups is 33. The van der Waals surface area contributed by atoms with Crippen LogP contribution in [-0.2, 0) is 109 Å². The minimum absolute atomic E-state index is 0.824. The maximum absolute atomic E-state index is 13.1. The standard InChI is InChI=1S/C70H118N2O56/c1-14(82)71-27-38(93)52(23(10-80)110-60(27)107)121-61-28(72-15(2)83)39(94)53(24(11-81)118-61)122-66-51(106)55(124-69-59(46(101)35(90)21(8-78)116-69)128-70-58(45(100)34(89)22(9-79)117-70)127-65-49(104)42(97)31(86)18(5-75)113-65)37(92)26(120-66)12-108-62-50(105)54(123-68-57(44(99)33(88)20(7-77)115-68)126-64-48(103)41(96)30(85)17(4-74)112-64)36(91)25(119-62)13-109-67-56(43(98)32(87)19(6-76)114-67)125-63-47(102)40(95)29(84)16(3-73)111-63/h16-70,73-81,84-107H,3-13H2,1-2H3,(H,71,82)(H,72,83)/t16-,17-,18-,19-,20-,21-,22-,23-,24-,25-,26-,27-,28-,29-,30-,31-,32-,33-,34-,35-,36-,37-,38-,39-,40+,41+,42+,43+,44+,45+,46+,47+,48+,49+,50+,51+,52-,53-,54+,55+,56+,57+,58+,59+,60?,61+,62-,63-,64-,65-,66+,67+,68-,69-,70-/m1/s1. The Morgan fingerprint density at radius 1 is 0.203 bits per heavy atom. The van der Waals surface area contributed by atoms with Crippen LogP contribution in [0.1, 0.15) is 13.8 Å². The Bertz CT molecular complexity index is 3380. The molecular formula is C70H118N2O56. The number of carbonyl (C=O) groups excluding carboxylic acids is 2. The van der Waals surface area contributed by atoms with E-state index in [-0.39, 0.29) is 0 Å². The van der Waals surface area contributed by atoms with Crippen LogP contribution in [0.25, 0.3) is 0 Å². The Balaban J connectivity index is 0.961. The first-order valence-corrected chi connectivity index (χ1v) is 40.7. The largest absolute Gasteiger partial charge is 0.394 e. The Labute approximate surface area is 722 Å². The van der Waals surface area contributed by atoms with Gasteiger partial charge in [-0.25, -0.2) is 0 Å². The smallest absolute Gasteiger partial charge is 0.217 e. The molecule has 2 amide bonds. The zero-order chi connectivity index (χ0) is 94.0. The SMILES string of the molecule is CC(=O)N[C@H]1[C@H](O[C@H]2[C@H](O)[C@@H](NC(C)=O)C(O)O[C@@H]2CO)O[C@H](CO)[C@@H](O[C@@H]2O[C@H](CO[C@@H]3O[C@H](CO[C@H]4O[C@H](CO)[C@@H](O)[C@H](O)[C@@H]4O[C@H]4O[C@H](CO)[C@@H](O)[C@H](O)[C@@H]4O)[C@@H](O)[C@H](O[C@H]4O[C@H](CO)[C@@H](O)[C@H](O)[C@@H]4O[C@H]4O[C@H](CO)[C@@H](O)[C@H](O)[C@@H]4O)[C@@H]3O)[C@@H](O)[C@H](O[C@H]3O[C@H](CO)[C@@H](O)[C@H](O)[C@@H]3O[C@H]3O[C@H](CO)[C@@H](O)[C@H](O)[C@@H]3O[C@H]3O[C@H](CO)[C@@H](O)[C@H](O)[C@@H]3O)[C@@H]2O)[C@@H]1O. The second-order valence-electron chi connectivity index (χ2n) is 32.3. The fraction of sp³-hybridized carbons (Fsp3) is 0.971. The molecule has 1 unspecified atom stereocenters. The van der Waals surface area contributed by atoms with Crippen LogP contribution in [0.4, 0.5) is 0 Å². The Kier molecular flexibility index (Phi) is 37.7. The Hall–Kier alpha value is -3.22. The van der Waals surface area contributed by atoms with E-state index in [1.165, 1.54) is 0 Å². The number of hydrogen-bond acceptors (Lipinski definition) is 56. The van der Waals surface area contributed by atoms with Crippen LogP contribution in [-0.4, -0.2) is 591 Å². The van der Waals surface area contributed by atoms with E-state index in [0.29, 0.717) is 0 Å². The molecule has 11 saturated heterocycles. The van der Waals surface area contributed by atoms with Gasteiger partial charge in [0.2, 0.25) is 11.8 Å². The van der Waals surface area contributed by atoms with Gasteiger partial charge in [-0.15, -0.1) is 0 Å².